The van der Waals surface area contributed by atoms with Gasteiger partial charge in [0.25, 0.3) is 0 Å². The topological polar surface area (TPSA) is 47.6 Å². The Morgan fingerprint density at radius 1 is 1.04 bits per heavy atom. The highest BCUT2D eigenvalue weighted by atomic mass is 35.5. The number of rotatable bonds is 7. The van der Waals surface area contributed by atoms with Gasteiger partial charge in [0.1, 0.15) is 0 Å². The summed E-state index contributed by atoms with van der Waals surface area (Å²) >= 11 is 5.92. The van der Waals surface area contributed by atoms with Gasteiger partial charge in [0, 0.05) is 11.4 Å². The van der Waals surface area contributed by atoms with E-state index in [4.69, 9.17) is 21.1 Å². The van der Waals surface area contributed by atoms with Crippen LogP contribution >= 0.6 is 11.6 Å². The van der Waals surface area contributed by atoms with Crippen molar-refractivity contribution in [3.63, 3.8) is 0 Å². The summed E-state index contributed by atoms with van der Waals surface area (Å²) < 4.78 is 10.5. The molecule has 0 heterocycles. The van der Waals surface area contributed by atoms with Crippen LogP contribution in [0.4, 0.5) is 0 Å². The first kappa shape index (κ1) is 19.1. The molecule has 25 heavy (non-hydrogen) atoms. The number of halogens is 1. The first-order valence-electron chi connectivity index (χ1n) is 8.13. The lowest BCUT2D eigenvalue weighted by Gasteiger charge is -2.27. The van der Waals surface area contributed by atoms with Gasteiger partial charge in [-0.25, -0.2) is 0 Å². The van der Waals surface area contributed by atoms with Crippen molar-refractivity contribution in [2.75, 3.05) is 14.2 Å². The van der Waals surface area contributed by atoms with Gasteiger partial charge in [0.15, 0.2) is 11.5 Å². The number of hydrogen-bond acceptors (Lipinski definition) is 3. The Morgan fingerprint density at radius 3 is 2.28 bits per heavy atom. The fraction of sp³-hybridized carbons (Fsp3) is 0.350. The van der Waals surface area contributed by atoms with E-state index in [9.17, 15) is 4.79 Å². The SMILES string of the molecule is COc1ccc(CCC(=O)NC(C)(C)c2ccc(Cl)cc2)cc1OC. The maximum atomic E-state index is 12.4. The molecule has 0 aliphatic carbocycles. The van der Waals surface area contributed by atoms with Crippen molar-refractivity contribution in [3.8, 4) is 11.5 Å². The van der Waals surface area contributed by atoms with Crippen LogP contribution in [0.5, 0.6) is 11.5 Å². The summed E-state index contributed by atoms with van der Waals surface area (Å²) in [4.78, 5) is 12.4. The Bertz CT molecular complexity index is 726. The summed E-state index contributed by atoms with van der Waals surface area (Å²) in [7, 11) is 3.20. The standard InChI is InChI=1S/C20H24ClNO3/c1-20(2,15-7-9-16(21)10-8-15)22-19(23)12-6-14-5-11-17(24-3)18(13-14)25-4/h5,7-11,13H,6,12H2,1-4H3,(H,22,23). The third-order valence-corrected chi connectivity index (χ3v) is 4.36. The van der Waals surface area contributed by atoms with Crippen LogP contribution in [0, 0.1) is 0 Å². The number of ether oxygens (including phenoxy) is 2. The summed E-state index contributed by atoms with van der Waals surface area (Å²) in [6.45, 7) is 3.95. The fourth-order valence-corrected chi connectivity index (χ4v) is 2.77. The summed E-state index contributed by atoms with van der Waals surface area (Å²) in [5.74, 6) is 1.34. The van der Waals surface area contributed by atoms with Gasteiger partial charge in [-0.2, -0.15) is 0 Å². The molecule has 0 saturated heterocycles. The number of benzene rings is 2. The van der Waals surface area contributed by atoms with Gasteiger partial charge in [-0.05, 0) is 55.7 Å². The maximum Gasteiger partial charge on any atom is 0.221 e. The fourth-order valence-electron chi connectivity index (χ4n) is 2.64. The largest absolute Gasteiger partial charge is 0.493 e. The zero-order valence-electron chi connectivity index (χ0n) is 15.1. The van der Waals surface area contributed by atoms with Crippen molar-refractivity contribution in [1.82, 2.24) is 5.32 Å². The monoisotopic (exact) mass is 361 g/mol. The zero-order valence-corrected chi connectivity index (χ0v) is 15.8. The van der Waals surface area contributed by atoms with Crippen LogP contribution in [0.1, 0.15) is 31.4 Å². The molecule has 5 heteroatoms. The Kier molecular flexibility index (Phi) is 6.32. The Labute approximate surface area is 154 Å². The van der Waals surface area contributed by atoms with Gasteiger partial charge in [0.05, 0.1) is 19.8 Å². The van der Waals surface area contributed by atoms with Crippen molar-refractivity contribution in [2.24, 2.45) is 0 Å². The van der Waals surface area contributed by atoms with E-state index in [-0.39, 0.29) is 5.91 Å². The molecule has 0 saturated carbocycles. The van der Waals surface area contributed by atoms with Crippen LogP contribution in [0.3, 0.4) is 0 Å². The molecule has 2 aromatic rings. The minimum Gasteiger partial charge on any atom is -0.493 e. The van der Waals surface area contributed by atoms with Crippen LogP contribution in [0.25, 0.3) is 0 Å². The second kappa shape index (κ2) is 8.26. The number of amides is 1. The van der Waals surface area contributed by atoms with E-state index in [0.29, 0.717) is 29.4 Å². The van der Waals surface area contributed by atoms with Crippen LogP contribution in [0.15, 0.2) is 42.5 Å². The average molecular weight is 362 g/mol. The molecule has 1 N–H and O–H groups in total. The molecule has 0 aromatic heterocycles. The molecule has 1 amide bonds. The molecule has 2 aromatic carbocycles. The summed E-state index contributed by atoms with van der Waals surface area (Å²) in [5.41, 5.74) is 1.58. The van der Waals surface area contributed by atoms with Crippen LogP contribution in [0.2, 0.25) is 5.02 Å². The van der Waals surface area contributed by atoms with Crippen molar-refractivity contribution < 1.29 is 14.3 Å². The average Bonchev–Trinajstić information content (AvgIpc) is 2.59. The first-order chi connectivity index (χ1) is 11.9. The van der Waals surface area contributed by atoms with Gasteiger partial charge < -0.3 is 14.8 Å². The molecular weight excluding hydrogens is 338 g/mol. The lowest BCUT2D eigenvalue weighted by molar-refractivity contribution is -0.122. The summed E-state index contributed by atoms with van der Waals surface area (Å²) in [6.07, 6.45) is 1.02. The van der Waals surface area contributed by atoms with Crippen molar-refractivity contribution in [3.05, 3.63) is 58.6 Å². The van der Waals surface area contributed by atoms with Gasteiger partial charge in [0.2, 0.25) is 5.91 Å². The minimum atomic E-state index is -0.459. The second-order valence-electron chi connectivity index (χ2n) is 6.37. The molecule has 0 unspecified atom stereocenters. The normalized spacial score (nSPS) is 11.1. The van der Waals surface area contributed by atoms with E-state index < -0.39 is 5.54 Å². The molecule has 0 fully saturated rings. The Balaban J connectivity index is 1.97. The van der Waals surface area contributed by atoms with Crippen LogP contribution in [-0.2, 0) is 16.8 Å². The molecule has 2 rings (SSSR count). The minimum absolute atomic E-state index is 0.00488. The van der Waals surface area contributed by atoms with Gasteiger partial charge >= 0.3 is 0 Å². The number of carbonyl (C=O) groups is 1. The molecule has 4 nitrogen and oxygen atoms in total. The third-order valence-electron chi connectivity index (χ3n) is 4.11. The van der Waals surface area contributed by atoms with E-state index in [1.807, 2.05) is 56.3 Å². The number of methoxy groups -OCH3 is 2. The zero-order chi connectivity index (χ0) is 18.4. The summed E-state index contributed by atoms with van der Waals surface area (Å²) in [6, 6.07) is 13.2. The lowest BCUT2D eigenvalue weighted by Crippen LogP contribution is -2.41. The van der Waals surface area contributed by atoms with Crippen molar-refractivity contribution in [1.29, 1.82) is 0 Å². The highest BCUT2D eigenvalue weighted by Crippen LogP contribution is 2.28. The molecule has 134 valence electrons. The molecule has 0 aliphatic rings. The predicted molar refractivity (Wildman–Crippen MR) is 100 cm³/mol. The Morgan fingerprint density at radius 2 is 1.68 bits per heavy atom. The van der Waals surface area contributed by atoms with E-state index >= 15 is 0 Å². The highest BCUT2D eigenvalue weighted by molar-refractivity contribution is 6.30. The van der Waals surface area contributed by atoms with Gasteiger partial charge in [-0.3, -0.25) is 4.79 Å². The van der Waals surface area contributed by atoms with Gasteiger partial charge in [-0.15, -0.1) is 0 Å². The Hall–Kier alpha value is -2.20. The number of carbonyl (C=O) groups excluding carboxylic acids is 1. The van der Waals surface area contributed by atoms with Crippen LogP contribution in [-0.4, -0.2) is 20.1 Å². The van der Waals surface area contributed by atoms with Crippen LogP contribution < -0.4 is 14.8 Å². The van der Waals surface area contributed by atoms with E-state index in [2.05, 4.69) is 5.32 Å². The van der Waals surface area contributed by atoms with Gasteiger partial charge in [-0.1, -0.05) is 29.8 Å². The summed E-state index contributed by atoms with van der Waals surface area (Å²) in [5, 5.41) is 3.76. The molecule has 0 radical (unpaired) electrons. The number of hydrogen-bond donors (Lipinski definition) is 1. The molecule has 0 spiro atoms. The molecular formula is C20H24ClNO3. The predicted octanol–water partition coefficient (Wildman–Crippen LogP) is 4.34. The lowest BCUT2D eigenvalue weighted by atomic mass is 9.94. The molecule has 0 atom stereocenters. The molecule has 0 bridgehead atoms. The van der Waals surface area contributed by atoms with Crippen molar-refractivity contribution >= 4 is 17.5 Å². The molecule has 0 aliphatic heterocycles. The second-order valence-corrected chi connectivity index (χ2v) is 6.81. The number of nitrogens with one attached hydrogen (secondary N) is 1. The quantitative estimate of drug-likeness (QED) is 0.797. The van der Waals surface area contributed by atoms with E-state index in [1.54, 1.807) is 14.2 Å². The van der Waals surface area contributed by atoms with E-state index in [0.717, 1.165) is 11.1 Å². The smallest absolute Gasteiger partial charge is 0.221 e. The van der Waals surface area contributed by atoms with Crippen molar-refractivity contribution in [2.45, 2.75) is 32.2 Å². The van der Waals surface area contributed by atoms with E-state index in [1.165, 1.54) is 0 Å². The third kappa shape index (κ3) is 5.13. The number of aryl methyl sites for hydroxylation is 1. The first-order valence-corrected chi connectivity index (χ1v) is 8.51. The highest BCUT2D eigenvalue weighted by Gasteiger charge is 2.22. The maximum absolute atomic E-state index is 12.4.